The summed E-state index contributed by atoms with van der Waals surface area (Å²) in [7, 11) is 0. The summed E-state index contributed by atoms with van der Waals surface area (Å²) < 4.78 is 86.2. The van der Waals surface area contributed by atoms with E-state index in [-0.39, 0.29) is 0 Å². The van der Waals surface area contributed by atoms with Crippen molar-refractivity contribution in [2.24, 2.45) is 0 Å². The van der Waals surface area contributed by atoms with E-state index in [0.29, 0.717) is 0 Å². The minimum Gasteiger partial charge on any atom is -0.478 e. The molecule has 0 aliphatic heterocycles. The molecular formula is C7H5F7O3. The van der Waals surface area contributed by atoms with Gasteiger partial charge in [-0.05, 0) is 0 Å². The molecule has 0 heterocycles. The van der Waals surface area contributed by atoms with Crippen LogP contribution in [0.15, 0.2) is 12.2 Å². The summed E-state index contributed by atoms with van der Waals surface area (Å²) in [6, 6.07) is 0. The van der Waals surface area contributed by atoms with Gasteiger partial charge in [0, 0.05) is 5.57 Å². The molecule has 0 saturated heterocycles. The minimum atomic E-state index is -5.99. The third-order valence-corrected chi connectivity index (χ3v) is 1.41. The van der Waals surface area contributed by atoms with Crippen LogP contribution < -0.4 is 0 Å². The molecule has 0 aromatic rings. The molecule has 0 bridgehead atoms. The van der Waals surface area contributed by atoms with Crippen molar-refractivity contribution < 1.29 is 45.4 Å². The Labute approximate surface area is 89.5 Å². The minimum absolute atomic E-state index is 1.37. The average Bonchev–Trinajstić information content (AvgIpc) is 1.97. The van der Waals surface area contributed by atoms with Gasteiger partial charge in [-0.25, -0.2) is 9.53 Å². The third kappa shape index (κ3) is 4.59. The van der Waals surface area contributed by atoms with Gasteiger partial charge in [0.25, 0.3) is 0 Å². The van der Waals surface area contributed by atoms with Crippen LogP contribution in [-0.4, -0.2) is 29.5 Å². The van der Waals surface area contributed by atoms with Crippen molar-refractivity contribution in [2.75, 3.05) is 0 Å². The zero-order valence-electron chi connectivity index (χ0n) is 7.82. The van der Waals surface area contributed by atoms with Gasteiger partial charge in [-0.3, -0.25) is 0 Å². The number of carboxylic acids is 1. The molecule has 0 atom stereocenters. The number of halogens is 7. The first-order valence-electron chi connectivity index (χ1n) is 3.72. The molecule has 0 radical (unpaired) electrons. The second kappa shape index (κ2) is 4.51. The Kier molecular flexibility index (Phi) is 4.16. The molecule has 0 rings (SSSR count). The summed E-state index contributed by atoms with van der Waals surface area (Å²) in [5, 5.41) is 8.10. The number of ether oxygens (including phenoxy) is 1. The van der Waals surface area contributed by atoms with Gasteiger partial charge >= 0.3 is 24.4 Å². The van der Waals surface area contributed by atoms with E-state index < -0.39 is 36.4 Å². The van der Waals surface area contributed by atoms with Crippen molar-refractivity contribution in [3.8, 4) is 0 Å². The molecule has 17 heavy (non-hydrogen) atoms. The number of alkyl halides is 7. The first-order valence-corrected chi connectivity index (χ1v) is 3.72. The Hall–Kier alpha value is -1.32. The van der Waals surface area contributed by atoms with Crippen molar-refractivity contribution in [1.82, 2.24) is 0 Å². The van der Waals surface area contributed by atoms with Crippen LogP contribution in [-0.2, 0) is 9.53 Å². The fraction of sp³-hybridized carbons (Fsp3) is 0.571. The predicted octanol–water partition coefficient (Wildman–Crippen LogP) is 2.78. The van der Waals surface area contributed by atoms with E-state index in [2.05, 4.69) is 6.58 Å². The second-order valence-corrected chi connectivity index (χ2v) is 2.85. The number of hydrogen-bond acceptors (Lipinski definition) is 2. The van der Waals surface area contributed by atoms with E-state index in [9.17, 15) is 35.5 Å². The lowest BCUT2D eigenvalue weighted by Gasteiger charge is -2.26. The van der Waals surface area contributed by atoms with Gasteiger partial charge in [0.2, 0.25) is 0 Å². The van der Waals surface area contributed by atoms with Crippen LogP contribution in [0.5, 0.6) is 0 Å². The van der Waals surface area contributed by atoms with Crippen molar-refractivity contribution >= 4 is 5.97 Å². The summed E-state index contributed by atoms with van der Waals surface area (Å²) in [5.74, 6) is -7.38. The van der Waals surface area contributed by atoms with E-state index in [1.165, 1.54) is 0 Å². The largest absolute Gasteiger partial charge is 0.527 e. The molecule has 100 valence electrons. The Bertz CT molecular complexity index is 320. The third-order valence-electron chi connectivity index (χ3n) is 1.41. The second-order valence-electron chi connectivity index (χ2n) is 2.85. The van der Waals surface area contributed by atoms with E-state index in [1.807, 2.05) is 4.74 Å². The maximum absolute atomic E-state index is 12.6. The molecule has 3 nitrogen and oxygen atoms in total. The predicted molar refractivity (Wildman–Crippen MR) is 38.4 cm³/mol. The van der Waals surface area contributed by atoms with Gasteiger partial charge in [-0.2, -0.15) is 17.6 Å². The lowest BCUT2D eigenvalue weighted by molar-refractivity contribution is -0.465. The highest BCUT2D eigenvalue weighted by Gasteiger charge is 2.63. The first-order chi connectivity index (χ1) is 7.28. The SMILES string of the molecule is C=C(CC(F)(F)C(F)(F)OC(F)(F)F)C(=O)O. The molecule has 0 aromatic heterocycles. The van der Waals surface area contributed by atoms with Crippen molar-refractivity contribution in [1.29, 1.82) is 0 Å². The number of hydrogen-bond donors (Lipinski definition) is 1. The summed E-state index contributed by atoms with van der Waals surface area (Å²) in [6.45, 7) is 2.50. The van der Waals surface area contributed by atoms with Crippen molar-refractivity contribution in [3.63, 3.8) is 0 Å². The molecule has 1 N–H and O–H groups in total. The molecule has 0 saturated carbocycles. The van der Waals surface area contributed by atoms with Gasteiger partial charge in [0.05, 0.1) is 6.42 Å². The number of carbonyl (C=O) groups is 1. The standard InChI is InChI=1S/C7H5F7O3/c1-3(4(15)16)2-5(8,9)6(10,11)17-7(12,13)14/h1-2H2,(H,15,16). The maximum atomic E-state index is 12.6. The van der Waals surface area contributed by atoms with Crippen LogP contribution in [0.25, 0.3) is 0 Å². The van der Waals surface area contributed by atoms with Crippen molar-refractivity contribution in [3.05, 3.63) is 12.2 Å². The molecule has 10 heteroatoms. The van der Waals surface area contributed by atoms with Crippen LogP contribution in [0.2, 0.25) is 0 Å². The highest BCUT2D eigenvalue weighted by atomic mass is 19.4. The van der Waals surface area contributed by atoms with Gasteiger partial charge in [-0.1, -0.05) is 6.58 Å². The van der Waals surface area contributed by atoms with Gasteiger partial charge in [0.15, 0.2) is 0 Å². The summed E-state index contributed by atoms with van der Waals surface area (Å²) in [4.78, 5) is 10.0. The number of aliphatic carboxylic acids is 1. The zero-order valence-corrected chi connectivity index (χ0v) is 7.82. The molecule has 0 unspecified atom stereocenters. The van der Waals surface area contributed by atoms with E-state index in [0.717, 1.165) is 0 Å². The highest BCUT2D eigenvalue weighted by molar-refractivity contribution is 5.85. The normalized spacial score (nSPS) is 13.6. The van der Waals surface area contributed by atoms with Crippen LogP contribution in [0, 0.1) is 0 Å². The van der Waals surface area contributed by atoms with Crippen LogP contribution in [0.3, 0.4) is 0 Å². The molecule has 0 aliphatic carbocycles. The Morgan fingerprint density at radius 2 is 1.53 bits per heavy atom. The average molecular weight is 270 g/mol. The fourth-order valence-corrected chi connectivity index (χ4v) is 0.667. The Morgan fingerprint density at radius 1 is 1.12 bits per heavy atom. The van der Waals surface area contributed by atoms with E-state index >= 15 is 0 Å². The van der Waals surface area contributed by atoms with Crippen molar-refractivity contribution in [2.45, 2.75) is 24.8 Å². The quantitative estimate of drug-likeness (QED) is 0.617. The zero-order chi connectivity index (χ0) is 14.1. The Morgan fingerprint density at radius 3 is 1.82 bits per heavy atom. The smallest absolute Gasteiger partial charge is 0.478 e. The van der Waals surface area contributed by atoms with Gasteiger partial charge in [0.1, 0.15) is 0 Å². The summed E-state index contributed by atoms with van der Waals surface area (Å²) >= 11 is 0. The number of carboxylic acid groups (broad SMARTS) is 1. The Balaban J connectivity index is 4.90. The van der Waals surface area contributed by atoms with E-state index in [4.69, 9.17) is 5.11 Å². The molecular weight excluding hydrogens is 265 g/mol. The lowest BCUT2D eigenvalue weighted by Crippen LogP contribution is -2.46. The fourth-order valence-electron chi connectivity index (χ4n) is 0.667. The summed E-state index contributed by atoms with van der Waals surface area (Å²) in [6.07, 6.45) is -14.0. The van der Waals surface area contributed by atoms with E-state index in [1.54, 1.807) is 0 Å². The molecule has 0 aliphatic rings. The highest BCUT2D eigenvalue weighted by Crippen LogP contribution is 2.43. The first kappa shape index (κ1) is 15.7. The van der Waals surface area contributed by atoms with Gasteiger partial charge in [-0.15, -0.1) is 13.2 Å². The monoisotopic (exact) mass is 270 g/mol. The maximum Gasteiger partial charge on any atom is 0.527 e. The summed E-state index contributed by atoms with van der Waals surface area (Å²) in [5.41, 5.74) is -1.37. The molecule has 0 amide bonds. The lowest BCUT2D eigenvalue weighted by atomic mass is 10.1. The van der Waals surface area contributed by atoms with Gasteiger partial charge < -0.3 is 5.11 Å². The van der Waals surface area contributed by atoms with Crippen LogP contribution in [0.4, 0.5) is 30.7 Å². The number of rotatable bonds is 5. The molecule has 0 aromatic carbocycles. The molecule has 0 fully saturated rings. The van der Waals surface area contributed by atoms with Crippen LogP contribution >= 0.6 is 0 Å². The molecule has 0 spiro atoms. The van der Waals surface area contributed by atoms with Crippen LogP contribution in [0.1, 0.15) is 6.42 Å². The topological polar surface area (TPSA) is 46.5 Å².